The van der Waals surface area contributed by atoms with Crippen LogP contribution in [0.3, 0.4) is 0 Å². The standard InChI is InChI=1S/C46H32N2S/c1-2-15-31(18-14-25-42-35-20-7-11-24-41(35)47-45(48-42)32-16-4-3-5-17-32)33-28-29-38-36(30-33)34-19-6-8-21-37(34)46(38)39-22-9-12-26-43(39)49-44-27-13-10-23-40(44)46/h2-24,26-30H,1,25H2/b18-14-,31-15+. The molecular formula is C46H32N2S. The largest absolute Gasteiger partial charge is 0.232 e. The number of rotatable bonds is 6. The number of nitrogens with zero attached hydrogens (tertiary/aromatic N) is 2. The minimum atomic E-state index is -0.369. The first-order valence-corrected chi connectivity index (χ1v) is 17.5. The van der Waals surface area contributed by atoms with Crippen molar-refractivity contribution in [3.63, 3.8) is 0 Å². The van der Waals surface area contributed by atoms with E-state index < -0.39 is 0 Å². The van der Waals surface area contributed by atoms with Crippen molar-refractivity contribution in [2.24, 2.45) is 0 Å². The third kappa shape index (κ3) is 4.73. The topological polar surface area (TPSA) is 25.8 Å². The molecule has 0 atom stereocenters. The third-order valence-corrected chi connectivity index (χ3v) is 11.0. The fourth-order valence-electron chi connectivity index (χ4n) is 7.73. The minimum absolute atomic E-state index is 0.369. The number of hydrogen-bond acceptors (Lipinski definition) is 3. The Balaban J connectivity index is 1.14. The molecule has 2 heterocycles. The third-order valence-electron chi connectivity index (χ3n) is 9.80. The summed E-state index contributed by atoms with van der Waals surface area (Å²) in [6, 6.07) is 52.3. The average molecular weight is 645 g/mol. The van der Waals surface area contributed by atoms with Crippen molar-refractivity contribution in [1.29, 1.82) is 0 Å². The van der Waals surface area contributed by atoms with Gasteiger partial charge < -0.3 is 0 Å². The lowest BCUT2D eigenvalue weighted by Crippen LogP contribution is -2.31. The second-order valence-corrected chi connectivity index (χ2v) is 13.6. The highest BCUT2D eigenvalue weighted by Crippen LogP contribution is 2.62. The number of para-hydroxylation sites is 1. The lowest BCUT2D eigenvalue weighted by atomic mass is 9.67. The van der Waals surface area contributed by atoms with E-state index in [2.05, 4.69) is 146 Å². The first-order valence-electron chi connectivity index (χ1n) is 16.7. The predicted octanol–water partition coefficient (Wildman–Crippen LogP) is 11.5. The van der Waals surface area contributed by atoms with Crippen LogP contribution in [0.15, 0.2) is 186 Å². The number of benzene rings is 6. The summed E-state index contributed by atoms with van der Waals surface area (Å²) >= 11 is 1.88. The summed E-state index contributed by atoms with van der Waals surface area (Å²) in [6.07, 6.45) is 9.08. The molecule has 232 valence electrons. The minimum Gasteiger partial charge on any atom is -0.232 e. The van der Waals surface area contributed by atoms with E-state index in [1.54, 1.807) is 0 Å². The Morgan fingerprint density at radius 2 is 1.29 bits per heavy atom. The quantitative estimate of drug-likeness (QED) is 0.168. The van der Waals surface area contributed by atoms with E-state index in [0.717, 1.165) is 39.1 Å². The maximum Gasteiger partial charge on any atom is 0.160 e. The fraction of sp³-hybridized carbons (Fsp3) is 0.0435. The van der Waals surface area contributed by atoms with Gasteiger partial charge in [0.2, 0.25) is 0 Å². The lowest BCUT2D eigenvalue weighted by molar-refractivity contribution is 0.722. The van der Waals surface area contributed by atoms with Crippen LogP contribution in [0.25, 0.3) is 39.0 Å². The second kappa shape index (κ2) is 12.0. The van der Waals surface area contributed by atoms with Gasteiger partial charge in [0.25, 0.3) is 0 Å². The molecule has 0 N–H and O–H groups in total. The first-order chi connectivity index (χ1) is 24.3. The molecule has 49 heavy (non-hydrogen) atoms. The molecule has 6 aromatic carbocycles. The molecular weight excluding hydrogens is 613 g/mol. The van der Waals surface area contributed by atoms with Gasteiger partial charge in [-0.15, -0.1) is 0 Å². The highest BCUT2D eigenvalue weighted by molar-refractivity contribution is 7.99. The zero-order valence-electron chi connectivity index (χ0n) is 26.9. The molecule has 7 aromatic rings. The smallest absolute Gasteiger partial charge is 0.160 e. The molecule has 1 spiro atoms. The molecule has 2 aliphatic rings. The Bertz CT molecular complexity index is 2430. The van der Waals surface area contributed by atoms with Crippen LogP contribution in [0.1, 0.15) is 33.5 Å². The van der Waals surface area contributed by atoms with Gasteiger partial charge in [-0.3, -0.25) is 0 Å². The number of allylic oxidation sites excluding steroid dienone is 5. The van der Waals surface area contributed by atoms with Crippen molar-refractivity contribution in [2.75, 3.05) is 0 Å². The van der Waals surface area contributed by atoms with Gasteiger partial charge in [0.15, 0.2) is 5.82 Å². The summed E-state index contributed by atoms with van der Waals surface area (Å²) < 4.78 is 0. The van der Waals surface area contributed by atoms with Gasteiger partial charge in [0.1, 0.15) is 0 Å². The van der Waals surface area contributed by atoms with Crippen LogP contribution in [0.4, 0.5) is 0 Å². The molecule has 1 aliphatic carbocycles. The van der Waals surface area contributed by atoms with Gasteiger partial charge >= 0.3 is 0 Å². The van der Waals surface area contributed by atoms with Gasteiger partial charge in [0.05, 0.1) is 16.6 Å². The second-order valence-electron chi connectivity index (χ2n) is 12.5. The van der Waals surface area contributed by atoms with Crippen LogP contribution in [-0.4, -0.2) is 9.97 Å². The molecule has 0 unspecified atom stereocenters. The van der Waals surface area contributed by atoms with Gasteiger partial charge in [-0.05, 0) is 68.8 Å². The predicted molar refractivity (Wildman–Crippen MR) is 204 cm³/mol. The summed E-state index contributed by atoms with van der Waals surface area (Å²) in [6.45, 7) is 4.07. The molecule has 0 amide bonds. The fourth-order valence-corrected chi connectivity index (χ4v) is 8.92. The number of hydrogen-bond donors (Lipinski definition) is 0. The molecule has 2 nitrogen and oxygen atoms in total. The Kier molecular flexibility index (Phi) is 7.22. The van der Waals surface area contributed by atoms with E-state index >= 15 is 0 Å². The SMILES string of the molecule is C=C/C=C(\C=C/Cc1nc(-c2ccccc2)nc2ccccc12)c1ccc2c(c1)-c1ccccc1C21c2ccccc2Sc2ccccc21. The number of aromatic nitrogens is 2. The Hall–Kier alpha value is -5.77. The summed E-state index contributed by atoms with van der Waals surface area (Å²) in [4.78, 5) is 12.6. The molecule has 0 radical (unpaired) electrons. The van der Waals surface area contributed by atoms with Gasteiger partial charge in [-0.1, -0.05) is 164 Å². The normalized spacial score (nSPS) is 14.0. The summed E-state index contributed by atoms with van der Waals surface area (Å²) in [5.74, 6) is 0.750. The molecule has 1 aliphatic heterocycles. The van der Waals surface area contributed by atoms with Gasteiger partial charge in [-0.25, -0.2) is 9.97 Å². The Morgan fingerprint density at radius 3 is 2.06 bits per heavy atom. The van der Waals surface area contributed by atoms with Gasteiger partial charge in [-0.2, -0.15) is 0 Å². The van der Waals surface area contributed by atoms with Crippen molar-refractivity contribution < 1.29 is 0 Å². The van der Waals surface area contributed by atoms with E-state index in [-0.39, 0.29) is 5.41 Å². The molecule has 1 aromatic heterocycles. The highest BCUT2D eigenvalue weighted by atomic mass is 32.2. The molecule has 0 fully saturated rings. The molecule has 0 saturated heterocycles. The van der Waals surface area contributed by atoms with Crippen LogP contribution >= 0.6 is 11.8 Å². The molecule has 0 saturated carbocycles. The van der Waals surface area contributed by atoms with Crippen molar-refractivity contribution in [3.8, 4) is 22.5 Å². The zero-order valence-corrected chi connectivity index (χ0v) is 27.7. The van der Waals surface area contributed by atoms with Crippen LogP contribution in [0.2, 0.25) is 0 Å². The molecule has 9 rings (SSSR count). The maximum atomic E-state index is 5.04. The van der Waals surface area contributed by atoms with E-state index in [1.165, 1.54) is 43.2 Å². The zero-order chi connectivity index (χ0) is 32.8. The lowest BCUT2D eigenvalue weighted by Gasteiger charge is -2.39. The summed E-state index contributed by atoms with van der Waals surface area (Å²) in [5.41, 5.74) is 12.8. The molecule has 0 bridgehead atoms. The van der Waals surface area contributed by atoms with Crippen LogP contribution in [0, 0.1) is 0 Å². The first kappa shape index (κ1) is 29.4. The van der Waals surface area contributed by atoms with Crippen LogP contribution in [0.5, 0.6) is 0 Å². The van der Waals surface area contributed by atoms with E-state index in [1.807, 2.05) is 42.1 Å². The van der Waals surface area contributed by atoms with Crippen LogP contribution < -0.4 is 0 Å². The Labute approximate surface area is 291 Å². The Morgan fingerprint density at radius 1 is 0.633 bits per heavy atom. The average Bonchev–Trinajstić information content (AvgIpc) is 3.45. The van der Waals surface area contributed by atoms with Crippen molar-refractivity contribution >= 4 is 28.2 Å². The summed E-state index contributed by atoms with van der Waals surface area (Å²) in [7, 11) is 0. The number of fused-ring (bicyclic) bond motifs is 10. The van der Waals surface area contributed by atoms with Crippen molar-refractivity contribution in [2.45, 2.75) is 21.6 Å². The monoisotopic (exact) mass is 644 g/mol. The van der Waals surface area contributed by atoms with E-state index in [4.69, 9.17) is 9.97 Å². The maximum absolute atomic E-state index is 5.04. The van der Waals surface area contributed by atoms with Gasteiger partial charge in [0, 0.05) is 27.2 Å². The van der Waals surface area contributed by atoms with Crippen molar-refractivity contribution in [1.82, 2.24) is 9.97 Å². The van der Waals surface area contributed by atoms with Crippen molar-refractivity contribution in [3.05, 3.63) is 210 Å². The van der Waals surface area contributed by atoms with E-state index in [9.17, 15) is 0 Å². The highest BCUT2D eigenvalue weighted by Gasteiger charge is 2.50. The van der Waals surface area contributed by atoms with Crippen LogP contribution in [-0.2, 0) is 11.8 Å². The van der Waals surface area contributed by atoms with E-state index in [0.29, 0.717) is 6.42 Å². The summed E-state index contributed by atoms with van der Waals surface area (Å²) in [5, 5.41) is 1.08. The molecule has 3 heteroatoms.